The van der Waals surface area contributed by atoms with Crippen LogP contribution in [0.25, 0.3) is 5.69 Å². The summed E-state index contributed by atoms with van der Waals surface area (Å²) in [5.74, 6) is -0.187. The number of hydrogen-bond acceptors (Lipinski definition) is 1. The van der Waals surface area contributed by atoms with E-state index in [9.17, 15) is 4.39 Å². The summed E-state index contributed by atoms with van der Waals surface area (Å²) < 4.78 is 15.5. The van der Waals surface area contributed by atoms with Gasteiger partial charge in [-0.25, -0.2) is 9.07 Å². The Morgan fingerprint density at radius 1 is 1.06 bits per heavy atom. The highest BCUT2D eigenvalue weighted by Crippen LogP contribution is 2.49. The highest BCUT2D eigenvalue weighted by molar-refractivity contribution is 5.53. The monoisotopic (exact) mass is 244 g/mol. The number of benzene rings is 1. The molecule has 2 aromatic rings. The number of halogens is 1. The Morgan fingerprint density at radius 3 is 2.50 bits per heavy atom. The molecule has 1 aliphatic rings. The number of rotatable bonds is 0. The summed E-state index contributed by atoms with van der Waals surface area (Å²) in [6.45, 7) is 8.71. The summed E-state index contributed by atoms with van der Waals surface area (Å²) in [6.07, 6.45) is 1.81. The molecule has 3 heteroatoms. The Morgan fingerprint density at radius 2 is 1.78 bits per heavy atom. The number of nitrogens with zero attached hydrogens (tertiary/aromatic N) is 2. The fourth-order valence-electron chi connectivity index (χ4n) is 2.82. The zero-order chi connectivity index (χ0) is 13.1. The van der Waals surface area contributed by atoms with Crippen LogP contribution in [0.15, 0.2) is 30.5 Å². The fraction of sp³-hybridized carbons (Fsp3) is 0.400. The van der Waals surface area contributed by atoms with Crippen molar-refractivity contribution in [2.24, 2.45) is 0 Å². The van der Waals surface area contributed by atoms with Crippen LogP contribution in [0.3, 0.4) is 0 Å². The molecule has 0 saturated heterocycles. The lowest BCUT2D eigenvalue weighted by atomic mass is 9.60. The molecule has 1 aromatic carbocycles. The van der Waals surface area contributed by atoms with Gasteiger partial charge >= 0.3 is 0 Å². The van der Waals surface area contributed by atoms with Crippen LogP contribution in [-0.2, 0) is 10.8 Å². The summed E-state index contributed by atoms with van der Waals surface area (Å²) >= 11 is 0. The molecule has 0 bridgehead atoms. The van der Waals surface area contributed by atoms with E-state index in [2.05, 4.69) is 32.8 Å². The Bertz CT molecular complexity index is 623. The predicted molar refractivity (Wildman–Crippen MR) is 69.6 cm³/mol. The van der Waals surface area contributed by atoms with E-state index < -0.39 is 0 Å². The zero-order valence-electron chi connectivity index (χ0n) is 11.2. The van der Waals surface area contributed by atoms with Gasteiger partial charge in [-0.15, -0.1) is 0 Å². The van der Waals surface area contributed by atoms with Gasteiger partial charge in [0, 0.05) is 17.0 Å². The van der Waals surface area contributed by atoms with Crippen molar-refractivity contribution < 1.29 is 4.39 Å². The molecule has 18 heavy (non-hydrogen) atoms. The highest BCUT2D eigenvalue weighted by Gasteiger charge is 2.46. The van der Waals surface area contributed by atoms with Gasteiger partial charge in [0.1, 0.15) is 5.82 Å². The van der Waals surface area contributed by atoms with E-state index >= 15 is 0 Å². The maximum atomic E-state index is 13.6. The van der Waals surface area contributed by atoms with E-state index in [1.165, 1.54) is 11.8 Å². The molecule has 0 atom stereocenters. The molecule has 0 saturated carbocycles. The second kappa shape index (κ2) is 3.22. The van der Waals surface area contributed by atoms with Gasteiger partial charge < -0.3 is 0 Å². The van der Waals surface area contributed by atoms with Gasteiger partial charge in [0.05, 0.1) is 11.4 Å². The molecule has 0 amide bonds. The van der Waals surface area contributed by atoms with Gasteiger partial charge in [-0.05, 0) is 29.8 Å². The van der Waals surface area contributed by atoms with Crippen molar-refractivity contribution in [1.29, 1.82) is 0 Å². The molecular formula is C15H17FN2. The Balaban J connectivity index is 2.41. The van der Waals surface area contributed by atoms with Gasteiger partial charge in [-0.3, -0.25) is 0 Å². The van der Waals surface area contributed by atoms with E-state index in [-0.39, 0.29) is 16.6 Å². The molecule has 3 rings (SSSR count). The van der Waals surface area contributed by atoms with E-state index in [4.69, 9.17) is 0 Å². The molecular weight excluding hydrogens is 227 g/mol. The number of aromatic nitrogens is 2. The standard InChI is InChI=1S/C15H17FN2/c1-14(2)11-9-10(16)5-6-12(11)18-13(7-8-17-18)15(14,3)4/h5-9H,1-4H3. The largest absolute Gasteiger partial charge is 0.237 e. The maximum Gasteiger partial charge on any atom is 0.123 e. The molecule has 0 fully saturated rings. The summed E-state index contributed by atoms with van der Waals surface area (Å²) in [4.78, 5) is 0. The van der Waals surface area contributed by atoms with Gasteiger partial charge in [0.25, 0.3) is 0 Å². The van der Waals surface area contributed by atoms with Crippen LogP contribution in [-0.4, -0.2) is 9.78 Å². The van der Waals surface area contributed by atoms with Gasteiger partial charge in [-0.2, -0.15) is 5.10 Å². The molecule has 1 aliphatic heterocycles. The minimum Gasteiger partial charge on any atom is -0.237 e. The van der Waals surface area contributed by atoms with Crippen LogP contribution in [0.2, 0.25) is 0 Å². The minimum atomic E-state index is -0.187. The van der Waals surface area contributed by atoms with Crippen LogP contribution in [0.5, 0.6) is 0 Å². The smallest absolute Gasteiger partial charge is 0.123 e. The van der Waals surface area contributed by atoms with E-state index in [0.717, 1.165) is 11.3 Å². The quantitative estimate of drug-likeness (QED) is 0.692. The SMILES string of the molecule is CC1(C)c2cc(F)ccc2-n2nccc2C1(C)C. The molecule has 0 radical (unpaired) electrons. The van der Waals surface area contributed by atoms with Crippen molar-refractivity contribution >= 4 is 0 Å². The van der Waals surface area contributed by atoms with Crippen molar-refractivity contribution in [1.82, 2.24) is 9.78 Å². The third-order valence-electron chi connectivity index (χ3n) is 4.71. The van der Waals surface area contributed by atoms with Gasteiger partial charge in [0.2, 0.25) is 0 Å². The van der Waals surface area contributed by atoms with Crippen molar-refractivity contribution in [3.63, 3.8) is 0 Å². The predicted octanol–water partition coefficient (Wildman–Crippen LogP) is 3.58. The molecule has 1 aromatic heterocycles. The fourth-order valence-corrected chi connectivity index (χ4v) is 2.82. The average Bonchev–Trinajstić information content (AvgIpc) is 2.77. The Hall–Kier alpha value is -1.64. The first-order valence-electron chi connectivity index (χ1n) is 6.20. The van der Waals surface area contributed by atoms with E-state index in [0.29, 0.717) is 0 Å². The molecule has 0 N–H and O–H groups in total. The lowest BCUT2D eigenvalue weighted by Crippen LogP contribution is -2.45. The lowest BCUT2D eigenvalue weighted by molar-refractivity contribution is 0.274. The third-order valence-corrected chi connectivity index (χ3v) is 4.71. The minimum absolute atomic E-state index is 0.0930. The van der Waals surface area contributed by atoms with Gasteiger partial charge in [0.15, 0.2) is 0 Å². The first-order chi connectivity index (χ1) is 8.35. The molecule has 0 aliphatic carbocycles. The number of hydrogen-bond donors (Lipinski definition) is 0. The first kappa shape index (κ1) is 11.5. The van der Waals surface area contributed by atoms with Crippen molar-refractivity contribution in [3.8, 4) is 5.69 Å². The van der Waals surface area contributed by atoms with Crippen LogP contribution < -0.4 is 0 Å². The van der Waals surface area contributed by atoms with Crippen molar-refractivity contribution in [2.45, 2.75) is 38.5 Å². The molecule has 2 nitrogen and oxygen atoms in total. The Kier molecular flexibility index (Phi) is 2.05. The first-order valence-corrected chi connectivity index (χ1v) is 6.20. The van der Waals surface area contributed by atoms with Crippen LogP contribution in [0, 0.1) is 5.82 Å². The van der Waals surface area contributed by atoms with Crippen molar-refractivity contribution in [2.75, 3.05) is 0 Å². The summed E-state index contributed by atoms with van der Waals surface area (Å²) in [6, 6.07) is 7.01. The average molecular weight is 244 g/mol. The number of fused-ring (bicyclic) bond motifs is 3. The van der Waals surface area contributed by atoms with E-state index in [1.54, 1.807) is 6.07 Å². The molecule has 0 unspecified atom stereocenters. The summed E-state index contributed by atoms with van der Waals surface area (Å²) in [5, 5.41) is 4.38. The van der Waals surface area contributed by atoms with Crippen LogP contribution >= 0.6 is 0 Å². The second-order valence-electron chi connectivity index (χ2n) is 6.04. The third kappa shape index (κ3) is 1.19. The summed E-state index contributed by atoms with van der Waals surface area (Å²) in [7, 11) is 0. The normalized spacial score (nSPS) is 19.2. The van der Waals surface area contributed by atoms with E-state index in [1.807, 2.05) is 23.0 Å². The van der Waals surface area contributed by atoms with Crippen molar-refractivity contribution in [3.05, 3.63) is 47.5 Å². The summed E-state index contributed by atoms with van der Waals surface area (Å²) in [5.41, 5.74) is 2.95. The topological polar surface area (TPSA) is 17.8 Å². The lowest BCUT2D eigenvalue weighted by Gasteiger charge is -2.46. The molecule has 0 spiro atoms. The highest BCUT2D eigenvalue weighted by atomic mass is 19.1. The van der Waals surface area contributed by atoms with Crippen LogP contribution in [0.4, 0.5) is 4.39 Å². The van der Waals surface area contributed by atoms with Gasteiger partial charge in [-0.1, -0.05) is 27.7 Å². The zero-order valence-corrected chi connectivity index (χ0v) is 11.2. The molecule has 2 heterocycles. The molecule has 94 valence electrons. The maximum absolute atomic E-state index is 13.6. The van der Waals surface area contributed by atoms with Crippen LogP contribution in [0.1, 0.15) is 39.0 Å². The Labute approximate surface area is 106 Å². The second-order valence-corrected chi connectivity index (χ2v) is 6.04.